The molecule has 2 aromatic rings. The minimum absolute atomic E-state index is 0.0452. The van der Waals surface area contributed by atoms with Crippen LogP contribution in [-0.4, -0.2) is 38.6 Å². The highest BCUT2D eigenvalue weighted by Crippen LogP contribution is 2.37. The van der Waals surface area contributed by atoms with E-state index in [9.17, 15) is 19.2 Å². The molecule has 0 aromatic carbocycles. The maximum atomic E-state index is 12.4. The van der Waals surface area contributed by atoms with Crippen LogP contribution in [0.5, 0.6) is 0 Å². The number of carbonyl (C=O) groups is 3. The van der Waals surface area contributed by atoms with Crippen molar-refractivity contribution in [3.05, 3.63) is 33.7 Å². The van der Waals surface area contributed by atoms with E-state index in [-0.39, 0.29) is 48.8 Å². The molecule has 2 fully saturated rings. The summed E-state index contributed by atoms with van der Waals surface area (Å²) in [5.74, 6) is -1.27. The van der Waals surface area contributed by atoms with Gasteiger partial charge in [0, 0.05) is 24.2 Å². The van der Waals surface area contributed by atoms with Gasteiger partial charge < -0.3 is 4.74 Å². The molecule has 2 aromatic heterocycles. The van der Waals surface area contributed by atoms with Crippen molar-refractivity contribution in [2.75, 3.05) is 6.54 Å². The number of imide groups is 1. The monoisotopic (exact) mass is 389 g/mol. The summed E-state index contributed by atoms with van der Waals surface area (Å²) in [6.45, 7) is -0.0703. The zero-order valence-corrected chi connectivity index (χ0v) is 15.4. The van der Waals surface area contributed by atoms with Crippen molar-refractivity contribution in [3.63, 3.8) is 0 Å². The summed E-state index contributed by atoms with van der Waals surface area (Å²) in [6, 6.07) is 1.32. The average molecular weight is 389 g/mol. The molecule has 0 radical (unpaired) electrons. The van der Waals surface area contributed by atoms with Crippen LogP contribution in [0.2, 0.25) is 0 Å². The summed E-state index contributed by atoms with van der Waals surface area (Å²) in [4.78, 5) is 54.7. The number of thiazole rings is 1. The number of aromatic nitrogens is 2. The van der Waals surface area contributed by atoms with E-state index in [1.807, 2.05) is 0 Å². The minimum atomic E-state index is -0.529. The van der Waals surface area contributed by atoms with Gasteiger partial charge in [-0.15, -0.1) is 11.3 Å². The van der Waals surface area contributed by atoms with Crippen LogP contribution in [0.1, 0.15) is 37.8 Å². The molecule has 142 valence electrons. The molecule has 3 heterocycles. The molecule has 1 aliphatic carbocycles. The predicted molar refractivity (Wildman–Crippen MR) is 95.9 cm³/mol. The van der Waals surface area contributed by atoms with E-state index in [2.05, 4.69) is 4.98 Å². The Balaban J connectivity index is 1.32. The van der Waals surface area contributed by atoms with Crippen LogP contribution in [0, 0.1) is 11.8 Å². The van der Waals surface area contributed by atoms with Gasteiger partial charge in [-0.2, -0.15) is 0 Å². The van der Waals surface area contributed by atoms with E-state index in [0.29, 0.717) is 10.7 Å². The molecular formula is C18H19N3O5S. The Bertz CT molecular complexity index is 941. The number of fused-ring (bicyclic) bond motifs is 2. The van der Waals surface area contributed by atoms with Gasteiger partial charge in [-0.1, -0.05) is 12.8 Å². The molecule has 27 heavy (non-hydrogen) atoms. The first kappa shape index (κ1) is 17.8. The average Bonchev–Trinajstić information content (AvgIpc) is 3.23. The number of carbonyl (C=O) groups excluding carboxylic acids is 3. The molecule has 1 saturated carbocycles. The van der Waals surface area contributed by atoms with Crippen LogP contribution < -0.4 is 5.56 Å². The molecule has 4 rings (SSSR count). The number of hydrogen-bond donors (Lipinski definition) is 0. The minimum Gasteiger partial charge on any atom is -0.459 e. The summed E-state index contributed by atoms with van der Waals surface area (Å²) in [6.07, 6.45) is 5.02. The van der Waals surface area contributed by atoms with E-state index in [1.165, 1.54) is 26.7 Å². The number of nitrogens with zero attached hydrogens (tertiary/aromatic N) is 3. The van der Waals surface area contributed by atoms with Crippen LogP contribution in [-0.2, 0) is 25.7 Å². The molecule has 1 aliphatic heterocycles. The van der Waals surface area contributed by atoms with E-state index in [0.717, 1.165) is 25.7 Å². The van der Waals surface area contributed by atoms with Crippen molar-refractivity contribution >= 4 is 34.1 Å². The molecule has 2 amide bonds. The zero-order valence-electron chi connectivity index (χ0n) is 14.6. The standard InChI is InChI=1S/C18H19N3O5S/c22-14-9-11(19-18-20(14)7-8-27-18)10-26-15(23)5-6-21-16(24)12-3-1-2-4-13(12)17(21)25/h7-9,12-13H,1-6,10H2/t12-,13-/m1/s1. The first-order valence-electron chi connectivity index (χ1n) is 9.01. The molecule has 2 atom stereocenters. The zero-order chi connectivity index (χ0) is 19.0. The second-order valence-electron chi connectivity index (χ2n) is 6.88. The van der Waals surface area contributed by atoms with Gasteiger partial charge in [0.25, 0.3) is 5.56 Å². The van der Waals surface area contributed by atoms with Crippen LogP contribution in [0.15, 0.2) is 22.4 Å². The number of esters is 1. The number of rotatable bonds is 5. The third kappa shape index (κ3) is 3.39. The van der Waals surface area contributed by atoms with Gasteiger partial charge >= 0.3 is 5.97 Å². The summed E-state index contributed by atoms with van der Waals surface area (Å²) >= 11 is 1.32. The maximum absolute atomic E-state index is 12.4. The first-order chi connectivity index (χ1) is 13.0. The van der Waals surface area contributed by atoms with Crippen molar-refractivity contribution in [2.45, 2.75) is 38.7 Å². The number of amides is 2. The molecule has 0 spiro atoms. The van der Waals surface area contributed by atoms with Crippen LogP contribution in [0.4, 0.5) is 0 Å². The van der Waals surface area contributed by atoms with Crippen LogP contribution in [0.3, 0.4) is 0 Å². The Morgan fingerprint density at radius 3 is 2.59 bits per heavy atom. The molecule has 0 unspecified atom stereocenters. The van der Waals surface area contributed by atoms with Gasteiger partial charge in [0.1, 0.15) is 6.61 Å². The van der Waals surface area contributed by atoms with Gasteiger partial charge in [-0.3, -0.25) is 28.5 Å². The lowest BCUT2D eigenvalue weighted by Crippen LogP contribution is -2.33. The molecule has 0 bridgehead atoms. The van der Waals surface area contributed by atoms with E-state index in [1.54, 1.807) is 11.6 Å². The third-order valence-corrected chi connectivity index (χ3v) is 5.97. The number of ether oxygens (including phenoxy) is 1. The Hall–Kier alpha value is -2.55. The quantitative estimate of drug-likeness (QED) is 0.566. The first-order valence-corrected chi connectivity index (χ1v) is 9.89. The molecule has 8 nitrogen and oxygen atoms in total. The van der Waals surface area contributed by atoms with Crippen molar-refractivity contribution in [2.24, 2.45) is 11.8 Å². The Morgan fingerprint density at radius 1 is 1.19 bits per heavy atom. The maximum Gasteiger partial charge on any atom is 0.307 e. The lowest BCUT2D eigenvalue weighted by Gasteiger charge is -2.19. The topological polar surface area (TPSA) is 98.0 Å². The summed E-state index contributed by atoms with van der Waals surface area (Å²) in [5, 5.41) is 1.75. The third-order valence-electron chi connectivity index (χ3n) is 5.21. The van der Waals surface area contributed by atoms with Crippen LogP contribution >= 0.6 is 11.3 Å². The Kier molecular flexibility index (Phi) is 4.77. The normalized spacial score (nSPS) is 22.3. The molecule has 2 aliphatic rings. The van der Waals surface area contributed by atoms with Crippen LogP contribution in [0.25, 0.3) is 4.96 Å². The predicted octanol–water partition coefficient (Wildman–Crippen LogP) is 1.36. The highest BCUT2D eigenvalue weighted by Gasteiger charge is 2.47. The summed E-state index contributed by atoms with van der Waals surface area (Å²) in [7, 11) is 0. The smallest absolute Gasteiger partial charge is 0.307 e. The molecule has 9 heteroatoms. The highest BCUT2D eigenvalue weighted by atomic mass is 32.1. The molecule has 1 saturated heterocycles. The van der Waals surface area contributed by atoms with E-state index < -0.39 is 5.97 Å². The number of likely N-dealkylation sites (tertiary alicyclic amines) is 1. The van der Waals surface area contributed by atoms with Gasteiger partial charge in [0.15, 0.2) is 4.96 Å². The van der Waals surface area contributed by atoms with Gasteiger partial charge in [0.05, 0.1) is 24.0 Å². The van der Waals surface area contributed by atoms with E-state index in [4.69, 9.17) is 4.74 Å². The van der Waals surface area contributed by atoms with Crippen molar-refractivity contribution < 1.29 is 19.1 Å². The van der Waals surface area contributed by atoms with Crippen molar-refractivity contribution in [1.29, 1.82) is 0 Å². The SMILES string of the molecule is O=C(CCN1C(=O)[C@@H]2CCCC[C@H]2C1=O)OCc1cc(=O)n2ccsc2n1. The largest absolute Gasteiger partial charge is 0.459 e. The number of hydrogen-bond acceptors (Lipinski definition) is 7. The second kappa shape index (κ2) is 7.22. The second-order valence-corrected chi connectivity index (χ2v) is 7.75. The fraction of sp³-hybridized carbons (Fsp3) is 0.500. The molecular weight excluding hydrogens is 370 g/mol. The summed E-state index contributed by atoms with van der Waals surface area (Å²) < 4.78 is 6.58. The summed E-state index contributed by atoms with van der Waals surface area (Å²) in [5.41, 5.74) is 0.137. The highest BCUT2D eigenvalue weighted by molar-refractivity contribution is 7.15. The lowest BCUT2D eigenvalue weighted by molar-refractivity contribution is -0.146. The van der Waals surface area contributed by atoms with Gasteiger partial charge in [-0.05, 0) is 12.8 Å². The fourth-order valence-corrected chi connectivity index (χ4v) is 4.58. The van der Waals surface area contributed by atoms with Gasteiger partial charge in [-0.25, -0.2) is 4.98 Å². The Morgan fingerprint density at radius 2 is 1.89 bits per heavy atom. The fourth-order valence-electron chi connectivity index (χ4n) is 3.84. The molecule has 0 N–H and O–H groups in total. The van der Waals surface area contributed by atoms with Crippen molar-refractivity contribution in [3.8, 4) is 0 Å². The lowest BCUT2D eigenvalue weighted by atomic mass is 9.81. The van der Waals surface area contributed by atoms with E-state index >= 15 is 0 Å². The van der Waals surface area contributed by atoms with Crippen molar-refractivity contribution in [1.82, 2.24) is 14.3 Å². The Labute approximate surface area is 158 Å². The van der Waals surface area contributed by atoms with Gasteiger partial charge in [0.2, 0.25) is 11.8 Å².